The Labute approximate surface area is 118 Å². The standard InChI is InChI=1S/C16H22F2O2/c1-10-6-7-12(8-11(10)2)20-9-15(19)13-4-3-5-14(17)16(13)18/h3-5,10-12,15,19H,6-9H2,1-2H3. The molecular weight excluding hydrogens is 262 g/mol. The Bertz CT molecular complexity index is 450. The number of benzene rings is 1. The van der Waals surface area contributed by atoms with E-state index in [0.717, 1.165) is 25.3 Å². The van der Waals surface area contributed by atoms with Crippen molar-refractivity contribution in [3.8, 4) is 0 Å². The van der Waals surface area contributed by atoms with E-state index in [1.165, 1.54) is 12.1 Å². The van der Waals surface area contributed by atoms with E-state index >= 15 is 0 Å². The van der Waals surface area contributed by atoms with E-state index in [2.05, 4.69) is 13.8 Å². The average Bonchev–Trinajstić information content (AvgIpc) is 2.43. The van der Waals surface area contributed by atoms with Crippen LogP contribution in [-0.2, 0) is 4.74 Å². The fourth-order valence-corrected chi connectivity index (χ4v) is 2.74. The van der Waals surface area contributed by atoms with E-state index in [1.54, 1.807) is 0 Å². The average molecular weight is 284 g/mol. The fraction of sp³-hybridized carbons (Fsp3) is 0.625. The molecule has 1 N–H and O–H groups in total. The lowest BCUT2D eigenvalue weighted by Crippen LogP contribution is -2.28. The van der Waals surface area contributed by atoms with Crippen LogP contribution in [0.15, 0.2) is 18.2 Å². The third-order valence-corrected chi connectivity index (χ3v) is 4.38. The number of rotatable bonds is 4. The van der Waals surface area contributed by atoms with Gasteiger partial charge in [-0.1, -0.05) is 26.0 Å². The molecule has 4 unspecified atom stereocenters. The second-order valence-corrected chi connectivity index (χ2v) is 5.88. The van der Waals surface area contributed by atoms with Gasteiger partial charge >= 0.3 is 0 Å². The first-order valence-corrected chi connectivity index (χ1v) is 7.22. The maximum atomic E-state index is 13.5. The third kappa shape index (κ3) is 3.55. The lowest BCUT2D eigenvalue weighted by molar-refractivity contribution is -0.0406. The number of hydrogen-bond donors (Lipinski definition) is 1. The van der Waals surface area contributed by atoms with Gasteiger partial charge in [0.1, 0.15) is 6.10 Å². The van der Waals surface area contributed by atoms with E-state index in [0.29, 0.717) is 11.8 Å². The molecule has 1 aromatic carbocycles. The molecule has 1 fully saturated rings. The molecule has 0 aliphatic heterocycles. The molecule has 1 aromatic rings. The maximum absolute atomic E-state index is 13.5. The van der Waals surface area contributed by atoms with Gasteiger partial charge in [-0.15, -0.1) is 0 Å². The molecule has 0 bridgehead atoms. The van der Waals surface area contributed by atoms with Gasteiger partial charge in [-0.2, -0.15) is 0 Å². The molecule has 112 valence electrons. The van der Waals surface area contributed by atoms with E-state index < -0.39 is 17.7 Å². The van der Waals surface area contributed by atoms with Crippen molar-refractivity contribution in [3.05, 3.63) is 35.4 Å². The first-order valence-electron chi connectivity index (χ1n) is 7.22. The molecule has 20 heavy (non-hydrogen) atoms. The Kier molecular flexibility index (Phi) is 5.11. The van der Waals surface area contributed by atoms with Gasteiger partial charge in [0, 0.05) is 5.56 Å². The van der Waals surface area contributed by atoms with Crippen LogP contribution in [0.1, 0.15) is 44.8 Å². The smallest absolute Gasteiger partial charge is 0.164 e. The summed E-state index contributed by atoms with van der Waals surface area (Å²) in [6.45, 7) is 4.44. The maximum Gasteiger partial charge on any atom is 0.164 e. The summed E-state index contributed by atoms with van der Waals surface area (Å²) in [5.41, 5.74) is -0.0396. The van der Waals surface area contributed by atoms with Gasteiger partial charge in [0.2, 0.25) is 0 Å². The Hall–Kier alpha value is -1.00. The molecule has 4 heteroatoms. The molecule has 0 saturated heterocycles. The summed E-state index contributed by atoms with van der Waals surface area (Å²) >= 11 is 0. The van der Waals surface area contributed by atoms with Crippen molar-refractivity contribution >= 4 is 0 Å². The minimum Gasteiger partial charge on any atom is -0.386 e. The van der Waals surface area contributed by atoms with Gasteiger partial charge < -0.3 is 9.84 Å². The molecule has 2 nitrogen and oxygen atoms in total. The lowest BCUT2D eigenvalue weighted by Gasteiger charge is -2.32. The minimum absolute atomic E-state index is 0.00609. The number of ether oxygens (including phenoxy) is 1. The highest BCUT2D eigenvalue weighted by molar-refractivity contribution is 5.21. The number of aliphatic hydroxyl groups is 1. The number of halogens is 2. The van der Waals surface area contributed by atoms with Gasteiger partial charge in [-0.25, -0.2) is 8.78 Å². The van der Waals surface area contributed by atoms with Crippen molar-refractivity contribution in [2.75, 3.05) is 6.61 Å². The molecule has 0 spiro atoms. The monoisotopic (exact) mass is 284 g/mol. The third-order valence-electron chi connectivity index (χ3n) is 4.38. The van der Waals surface area contributed by atoms with Crippen LogP contribution < -0.4 is 0 Å². The van der Waals surface area contributed by atoms with Crippen molar-refractivity contribution in [1.82, 2.24) is 0 Å². The molecular formula is C16H22F2O2. The van der Waals surface area contributed by atoms with Crippen LogP contribution in [0, 0.1) is 23.5 Å². The quantitative estimate of drug-likeness (QED) is 0.910. The highest BCUT2D eigenvalue weighted by Gasteiger charge is 2.26. The Morgan fingerprint density at radius 3 is 2.70 bits per heavy atom. The molecule has 4 atom stereocenters. The molecule has 1 aliphatic rings. The van der Waals surface area contributed by atoms with Crippen LogP contribution in [0.5, 0.6) is 0 Å². The van der Waals surface area contributed by atoms with Crippen LogP contribution in [0.3, 0.4) is 0 Å². The second kappa shape index (κ2) is 6.64. The summed E-state index contributed by atoms with van der Waals surface area (Å²) < 4.78 is 32.3. The normalized spacial score (nSPS) is 28.4. The zero-order chi connectivity index (χ0) is 14.7. The zero-order valence-electron chi connectivity index (χ0n) is 12.0. The molecule has 1 aliphatic carbocycles. The van der Waals surface area contributed by atoms with Crippen LogP contribution in [0.4, 0.5) is 8.78 Å². The van der Waals surface area contributed by atoms with Crippen molar-refractivity contribution in [1.29, 1.82) is 0 Å². The molecule has 0 aromatic heterocycles. The van der Waals surface area contributed by atoms with Gasteiger partial charge in [0.05, 0.1) is 12.7 Å². The first-order chi connectivity index (χ1) is 9.49. The highest BCUT2D eigenvalue weighted by Crippen LogP contribution is 2.31. The molecule has 2 rings (SSSR count). The Balaban J connectivity index is 1.89. The lowest BCUT2D eigenvalue weighted by atomic mass is 9.80. The fourth-order valence-electron chi connectivity index (χ4n) is 2.74. The van der Waals surface area contributed by atoms with E-state index in [1.807, 2.05) is 0 Å². The molecule has 0 amide bonds. The SMILES string of the molecule is CC1CCC(OCC(O)c2cccc(F)c2F)CC1C. The molecule has 0 heterocycles. The van der Waals surface area contributed by atoms with E-state index in [9.17, 15) is 13.9 Å². The summed E-state index contributed by atoms with van der Waals surface area (Å²) in [6.07, 6.45) is 2.01. The van der Waals surface area contributed by atoms with Crippen molar-refractivity contribution < 1.29 is 18.6 Å². The molecule has 0 radical (unpaired) electrons. The minimum atomic E-state index is -1.12. The van der Waals surface area contributed by atoms with Crippen LogP contribution in [0.25, 0.3) is 0 Å². The van der Waals surface area contributed by atoms with E-state index in [4.69, 9.17) is 4.74 Å². The predicted molar refractivity (Wildman–Crippen MR) is 73.2 cm³/mol. The Morgan fingerprint density at radius 1 is 1.25 bits per heavy atom. The van der Waals surface area contributed by atoms with Gasteiger partial charge in [-0.05, 0) is 37.2 Å². The molecule has 1 saturated carbocycles. The van der Waals surface area contributed by atoms with Gasteiger partial charge in [0.25, 0.3) is 0 Å². The summed E-state index contributed by atoms with van der Waals surface area (Å²) in [6, 6.07) is 3.82. The second-order valence-electron chi connectivity index (χ2n) is 5.88. The van der Waals surface area contributed by atoms with Crippen molar-refractivity contribution in [2.45, 2.75) is 45.3 Å². The topological polar surface area (TPSA) is 29.5 Å². The van der Waals surface area contributed by atoms with E-state index in [-0.39, 0.29) is 18.3 Å². The predicted octanol–water partition coefficient (Wildman–Crippen LogP) is 3.84. The van der Waals surface area contributed by atoms with Crippen LogP contribution in [0.2, 0.25) is 0 Å². The van der Waals surface area contributed by atoms with Crippen LogP contribution in [-0.4, -0.2) is 17.8 Å². The first kappa shape index (κ1) is 15.4. The van der Waals surface area contributed by atoms with Crippen LogP contribution >= 0.6 is 0 Å². The van der Waals surface area contributed by atoms with Crippen molar-refractivity contribution in [3.63, 3.8) is 0 Å². The number of aliphatic hydroxyl groups excluding tert-OH is 1. The number of hydrogen-bond acceptors (Lipinski definition) is 2. The van der Waals surface area contributed by atoms with Crippen molar-refractivity contribution in [2.24, 2.45) is 11.8 Å². The largest absolute Gasteiger partial charge is 0.386 e. The van der Waals surface area contributed by atoms with Gasteiger partial charge in [0.15, 0.2) is 11.6 Å². The summed E-state index contributed by atoms with van der Waals surface area (Å²) in [5, 5.41) is 9.94. The summed E-state index contributed by atoms with van der Waals surface area (Å²) in [7, 11) is 0. The summed E-state index contributed by atoms with van der Waals surface area (Å²) in [5.74, 6) is -0.645. The highest BCUT2D eigenvalue weighted by atomic mass is 19.2. The Morgan fingerprint density at radius 2 is 2.00 bits per heavy atom. The summed E-state index contributed by atoms with van der Waals surface area (Å²) in [4.78, 5) is 0. The van der Waals surface area contributed by atoms with Gasteiger partial charge in [-0.3, -0.25) is 0 Å². The zero-order valence-corrected chi connectivity index (χ0v) is 12.0.